The Kier molecular flexibility index (Phi) is 0.703. The van der Waals surface area contributed by atoms with Gasteiger partial charge >= 0.3 is 5.97 Å². The number of carbonyl (C=O) groups is 1. The molecule has 4 atom stereocenters. The lowest BCUT2D eigenvalue weighted by Gasteiger charge is -2.07. The van der Waals surface area contributed by atoms with Crippen molar-refractivity contribution in [2.45, 2.75) is 31.2 Å². The lowest BCUT2D eigenvalue weighted by Crippen LogP contribution is -2.22. The van der Waals surface area contributed by atoms with E-state index in [1.165, 1.54) is 0 Å². The summed E-state index contributed by atoms with van der Waals surface area (Å²) in [6.45, 7) is 0. The fourth-order valence-corrected chi connectivity index (χ4v) is 2.26. The smallest absolute Gasteiger partial charge is 0.312 e. The molecule has 0 aromatic heterocycles. The topological polar surface area (TPSA) is 35.5 Å². The summed E-state index contributed by atoms with van der Waals surface area (Å²) in [5.74, 6) is 0.0544. The third-order valence-electron chi connectivity index (χ3n) is 2.69. The first-order valence-electron chi connectivity index (χ1n) is 3.70. The van der Waals surface area contributed by atoms with Crippen LogP contribution in [0.15, 0.2) is 0 Å². The molecule has 3 heterocycles. The van der Waals surface area contributed by atoms with E-state index in [1.54, 1.807) is 0 Å². The Bertz CT molecular complexity index is 199. The van der Waals surface area contributed by atoms with Crippen LogP contribution in [0.5, 0.6) is 0 Å². The molecule has 3 heteroatoms. The molecule has 0 saturated carbocycles. The van der Waals surface area contributed by atoms with Gasteiger partial charge in [0.05, 0.1) is 12.0 Å². The Morgan fingerprint density at radius 2 is 2.30 bits per heavy atom. The molecule has 0 spiro atoms. The normalized spacial score (nSPS) is 55.8. The van der Waals surface area contributed by atoms with Crippen LogP contribution < -0.4 is 0 Å². The SMILES string of the molecule is O=C1OC2CC3CC1C2O3. The number of esters is 1. The van der Waals surface area contributed by atoms with Gasteiger partial charge in [0.2, 0.25) is 0 Å². The molecule has 3 rings (SSSR count). The van der Waals surface area contributed by atoms with Crippen molar-refractivity contribution < 1.29 is 14.3 Å². The molecular weight excluding hydrogens is 132 g/mol. The van der Waals surface area contributed by atoms with Crippen molar-refractivity contribution in [3.05, 3.63) is 0 Å². The first kappa shape index (κ1) is 5.13. The summed E-state index contributed by atoms with van der Waals surface area (Å²) in [4.78, 5) is 11.0. The van der Waals surface area contributed by atoms with Crippen LogP contribution >= 0.6 is 0 Å². The molecule has 3 nitrogen and oxygen atoms in total. The monoisotopic (exact) mass is 140 g/mol. The summed E-state index contributed by atoms with van der Waals surface area (Å²) in [5.41, 5.74) is 0. The highest BCUT2D eigenvalue weighted by Gasteiger charge is 2.57. The van der Waals surface area contributed by atoms with Gasteiger partial charge in [0.1, 0.15) is 12.2 Å². The molecular formula is C7H8O3. The second kappa shape index (κ2) is 1.37. The van der Waals surface area contributed by atoms with Crippen LogP contribution in [0.4, 0.5) is 0 Å². The molecule has 3 fully saturated rings. The summed E-state index contributed by atoms with van der Waals surface area (Å²) < 4.78 is 10.6. The van der Waals surface area contributed by atoms with Crippen molar-refractivity contribution in [1.29, 1.82) is 0 Å². The van der Waals surface area contributed by atoms with E-state index < -0.39 is 0 Å². The van der Waals surface area contributed by atoms with Gasteiger partial charge in [-0.1, -0.05) is 0 Å². The summed E-state index contributed by atoms with van der Waals surface area (Å²) in [5, 5.41) is 0. The summed E-state index contributed by atoms with van der Waals surface area (Å²) in [6, 6.07) is 0. The lowest BCUT2D eigenvalue weighted by molar-refractivity contribution is -0.143. The van der Waals surface area contributed by atoms with E-state index in [0.29, 0.717) is 6.10 Å². The third-order valence-corrected chi connectivity index (χ3v) is 2.69. The van der Waals surface area contributed by atoms with Crippen molar-refractivity contribution in [1.82, 2.24) is 0 Å². The van der Waals surface area contributed by atoms with Crippen LogP contribution in [0.3, 0.4) is 0 Å². The maximum atomic E-state index is 11.0. The molecule has 10 heavy (non-hydrogen) atoms. The third kappa shape index (κ3) is 0.408. The molecule has 0 amide bonds. The minimum atomic E-state index is -0.0324. The van der Waals surface area contributed by atoms with Crippen LogP contribution in [-0.4, -0.2) is 24.3 Å². The molecule has 54 valence electrons. The molecule has 3 saturated heterocycles. The first-order valence-corrected chi connectivity index (χ1v) is 3.70. The van der Waals surface area contributed by atoms with Crippen molar-refractivity contribution in [3.63, 3.8) is 0 Å². The second-order valence-electron chi connectivity index (χ2n) is 3.28. The maximum absolute atomic E-state index is 11.0. The van der Waals surface area contributed by atoms with Crippen molar-refractivity contribution in [3.8, 4) is 0 Å². The van der Waals surface area contributed by atoms with E-state index in [0.717, 1.165) is 12.8 Å². The molecule has 0 radical (unpaired) electrons. The van der Waals surface area contributed by atoms with E-state index in [1.807, 2.05) is 0 Å². The van der Waals surface area contributed by atoms with E-state index in [9.17, 15) is 4.79 Å². The molecule has 3 aliphatic rings. The van der Waals surface area contributed by atoms with Gasteiger partial charge < -0.3 is 9.47 Å². The van der Waals surface area contributed by atoms with Crippen LogP contribution in [0.2, 0.25) is 0 Å². The van der Waals surface area contributed by atoms with Crippen molar-refractivity contribution in [2.24, 2.45) is 5.92 Å². The average Bonchev–Trinajstić information content (AvgIpc) is 2.44. The summed E-state index contributed by atoms with van der Waals surface area (Å²) in [7, 11) is 0. The van der Waals surface area contributed by atoms with Gasteiger partial charge in [-0.3, -0.25) is 4.79 Å². The molecule has 0 aromatic carbocycles. The molecule has 0 aromatic rings. The van der Waals surface area contributed by atoms with Crippen LogP contribution in [0.25, 0.3) is 0 Å². The van der Waals surface area contributed by atoms with Crippen molar-refractivity contribution >= 4 is 5.97 Å². The maximum Gasteiger partial charge on any atom is 0.312 e. The largest absolute Gasteiger partial charge is 0.459 e. The quantitative estimate of drug-likeness (QED) is 0.447. The average molecular weight is 140 g/mol. The summed E-state index contributed by atoms with van der Waals surface area (Å²) in [6.07, 6.45) is 2.40. The van der Waals surface area contributed by atoms with Gasteiger partial charge in [0.25, 0.3) is 0 Å². The zero-order valence-electron chi connectivity index (χ0n) is 5.45. The fourth-order valence-electron chi connectivity index (χ4n) is 2.26. The van der Waals surface area contributed by atoms with Crippen LogP contribution in [0, 0.1) is 5.92 Å². The fraction of sp³-hybridized carbons (Fsp3) is 0.857. The van der Waals surface area contributed by atoms with E-state index in [4.69, 9.17) is 9.47 Å². The molecule has 0 aliphatic carbocycles. The van der Waals surface area contributed by atoms with Gasteiger partial charge in [-0.15, -0.1) is 0 Å². The molecule has 2 bridgehead atoms. The number of ether oxygens (including phenoxy) is 2. The number of hydrogen-bond donors (Lipinski definition) is 0. The van der Waals surface area contributed by atoms with Crippen LogP contribution in [0.1, 0.15) is 12.8 Å². The Labute approximate surface area is 58.3 Å². The first-order chi connectivity index (χ1) is 4.84. The highest BCUT2D eigenvalue weighted by molar-refractivity contribution is 5.76. The van der Waals surface area contributed by atoms with Gasteiger partial charge in [-0.2, -0.15) is 0 Å². The van der Waals surface area contributed by atoms with Gasteiger partial charge in [0, 0.05) is 6.42 Å². The van der Waals surface area contributed by atoms with Gasteiger partial charge in [0.15, 0.2) is 0 Å². The predicted molar refractivity (Wildman–Crippen MR) is 31.3 cm³/mol. The van der Waals surface area contributed by atoms with Gasteiger partial charge in [-0.05, 0) is 6.42 Å². The van der Waals surface area contributed by atoms with E-state index in [2.05, 4.69) is 0 Å². The zero-order valence-corrected chi connectivity index (χ0v) is 5.45. The molecule has 3 aliphatic heterocycles. The number of rotatable bonds is 0. The number of fused-ring (bicyclic) bond motifs is 1. The molecule has 0 N–H and O–H groups in total. The van der Waals surface area contributed by atoms with Crippen molar-refractivity contribution in [2.75, 3.05) is 0 Å². The Balaban J connectivity index is 2.05. The van der Waals surface area contributed by atoms with Crippen LogP contribution in [-0.2, 0) is 14.3 Å². The number of hydrogen-bond acceptors (Lipinski definition) is 3. The lowest BCUT2D eigenvalue weighted by atomic mass is 9.90. The Hall–Kier alpha value is -0.570. The number of carbonyl (C=O) groups excluding carboxylic acids is 1. The Morgan fingerprint density at radius 1 is 1.40 bits per heavy atom. The minimum Gasteiger partial charge on any atom is -0.459 e. The standard InChI is InChI=1S/C7H8O3/c8-7-4-1-3-2-5(10-7)6(4)9-3/h3-6H,1-2H2. The van der Waals surface area contributed by atoms with E-state index >= 15 is 0 Å². The minimum absolute atomic E-state index is 0.0324. The highest BCUT2D eigenvalue weighted by Crippen LogP contribution is 2.45. The summed E-state index contributed by atoms with van der Waals surface area (Å²) >= 11 is 0. The van der Waals surface area contributed by atoms with Gasteiger partial charge in [-0.25, -0.2) is 0 Å². The zero-order chi connectivity index (χ0) is 6.72. The van der Waals surface area contributed by atoms with E-state index in [-0.39, 0.29) is 24.1 Å². The second-order valence-corrected chi connectivity index (χ2v) is 3.28. The molecule has 4 unspecified atom stereocenters. The predicted octanol–water partition coefficient (Wildman–Crippen LogP) is 0.0892. The highest BCUT2D eigenvalue weighted by atomic mass is 16.6. The Morgan fingerprint density at radius 3 is 2.90 bits per heavy atom.